The molecule has 1 aromatic rings. The summed E-state index contributed by atoms with van der Waals surface area (Å²) >= 11 is 0. The van der Waals surface area contributed by atoms with E-state index >= 15 is 0 Å². The molecule has 0 spiro atoms. The molecule has 0 radical (unpaired) electrons. The van der Waals surface area contributed by atoms with Crippen LogP contribution >= 0.6 is 12.4 Å². The second-order valence-electron chi connectivity index (χ2n) is 5.64. The lowest BCUT2D eigenvalue weighted by Gasteiger charge is -2.29. The number of esters is 1. The van der Waals surface area contributed by atoms with Crippen LogP contribution in [0.4, 0.5) is 0 Å². The van der Waals surface area contributed by atoms with Gasteiger partial charge in [0, 0.05) is 33.2 Å². The normalized spacial score (nSPS) is 14.7. The first-order valence-electron chi connectivity index (χ1n) is 8.08. The van der Waals surface area contributed by atoms with Gasteiger partial charge in [0.2, 0.25) is 15.9 Å². The number of nitrogens with zero attached hydrogens (tertiary/aromatic N) is 2. The number of carbonyl (C=O) groups excluding carboxylic acids is 2. The molecular formula is C16H24ClN3O5S. The Morgan fingerprint density at radius 2 is 1.77 bits per heavy atom. The minimum absolute atomic E-state index is 0. The van der Waals surface area contributed by atoms with Gasteiger partial charge in [-0.05, 0) is 31.2 Å². The van der Waals surface area contributed by atoms with E-state index in [4.69, 9.17) is 4.74 Å². The maximum absolute atomic E-state index is 12.6. The predicted molar refractivity (Wildman–Crippen MR) is 98.9 cm³/mol. The van der Waals surface area contributed by atoms with Crippen LogP contribution < -0.4 is 5.32 Å². The second-order valence-corrected chi connectivity index (χ2v) is 7.68. The van der Waals surface area contributed by atoms with Crippen molar-refractivity contribution < 1.29 is 22.7 Å². The quantitative estimate of drug-likeness (QED) is 0.685. The molecule has 8 nitrogen and oxygen atoms in total. The Morgan fingerprint density at radius 1 is 1.19 bits per heavy atom. The molecule has 2 rings (SSSR count). The van der Waals surface area contributed by atoms with Crippen LogP contribution in [-0.2, 0) is 19.6 Å². The average molecular weight is 406 g/mol. The van der Waals surface area contributed by atoms with Gasteiger partial charge >= 0.3 is 5.97 Å². The number of amides is 1. The molecule has 1 N–H and O–H groups in total. The van der Waals surface area contributed by atoms with Crippen molar-refractivity contribution in [2.24, 2.45) is 0 Å². The van der Waals surface area contributed by atoms with Crippen molar-refractivity contribution in [1.29, 1.82) is 0 Å². The highest BCUT2D eigenvalue weighted by molar-refractivity contribution is 7.89. The maximum atomic E-state index is 12.6. The fourth-order valence-electron chi connectivity index (χ4n) is 2.45. The zero-order chi connectivity index (χ0) is 18.4. The van der Waals surface area contributed by atoms with Crippen molar-refractivity contribution in [3.05, 3.63) is 29.8 Å². The number of hydrogen-bond acceptors (Lipinski definition) is 6. The van der Waals surface area contributed by atoms with Crippen LogP contribution in [0.15, 0.2) is 29.2 Å². The van der Waals surface area contributed by atoms with E-state index in [0.717, 1.165) is 4.31 Å². The average Bonchev–Trinajstić information content (AvgIpc) is 2.62. The molecule has 1 aliphatic rings. The fraction of sp³-hybridized carbons (Fsp3) is 0.500. The lowest BCUT2D eigenvalue weighted by atomic mass is 10.2. The van der Waals surface area contributed by atoms with Crippen LogP contribution in [0.1, 0.15) is 17.3 Å². The molecule has 26 heavy (non-hydrogen) atoms. The predicted octanol–water partition coefficient (Wildman–Crippen LogP) is 0.337. The molecule has 1 amide bonds. The summed E-state index contributed by atoms with van der Waals surface area (Å²) in [5, 5.41) is 3.14. The van der Waals surface area contributed by atoms with Crippen molar-refractivity contribution in [1.82, 2.24) is 14.5 Å². The minimum Gasteiger partial charge on any atom is -0.462 e. The third kappa shape index (κ3) is 5.41. The van der Waals surface area contributed by atoms with Crippen LogP contribution in [0.3, 0.4) is 0 Å². The highest BCUT2D eigenvalue weighted by atomic mass is 35.5. The Labute approximate surface area is 159 Å². The number of benzene rings is 1. The number of halogens is 1. The van der Waals surface area contributed by atoms with Crippen LogP contribution in [-0.4, -0.2) is 75.9 Å². The summed E-state index contributed by atoms with van der Waals surface area (Å²) in [5.74, 6) is -0.732. The molecule has 0 bridgehead atoms. The number of ether oxygens (including phenoxy) is 1. The monoisotopic (exact) mass is 405 g/mol. The Kier molecular flexibility index (Phi) is 8.48. The number of piperazine rings is 1. The van der Waals surface area contributed by atoms with Gasteiger partial charge in [0.1, 0.15) is 0 Å². The van der Waals surface area contributed by atoms with Crippen LogP contribution in [0.5, 0.6) is 0 Å². The van der Waals surface area contributed by atoms with E-state index in [2.05, 4.69) is 5.32 Å². The zero-order valence-corrected chi connectivity index (χ0v) is 16.4. The molecule has 1 saturated heterocycles. The fourth-order valence-corrected chi connectivity index (χ4v) is 3.57. The number of hydrogen-bond donors (Lipinski definition) is 1. The second kappa shape index (κ2) is 9.86. The van der Waals surface area contributed by atoms with Gasteiger partial charge in [-0.3, -0.25) is 4.79 Å². The summed E-state index contributed by atoms with van der Waals surface area (Å²) < 4.78 is 31.1. The van der Waals surface area contributed by atoms with Crippen LogP contribution in [0, 0.1) is 0 Å². The Hall–Kier alpha value is -1.68. The number of rotatable bonds is 6. The van der Waals surface area contributed by atoms with Gasteiger partial charge in [-0.15, -0.1) is 12.4 Å². The van der Waals surface area contributed by atoms with E-state index in [1.807, 2.05) is 0 Å². The molecule has 0 aromatic heterocycles. The summed E-state index contributed by atoms with van der Waals surface area (Å²) in [4.78, 5) is 25.5. The standard InChI is InChI=1S/C16H23N3O5S.ClH/c1-3-24-16(21)13-4-6-14(7-5-13)25(22,23)18(2)12-15(20)19-10-8-17-9-11-19;/h4-7,17H,3,8-12H2,1-2H3;1H. The van der Waals surface area contributed by atoms with E-state index in [0.29, 0.717) is 26.2 Å². The molecule has 0 saturated carbocycles. The van der Waals surface area contributed by atoms with Gasteiger partial charge in [-0.25, -0.2) is 13.2 Å². The van der Waals surface area contributed by atoms with Gasteiger partial charge in [0.25, 0.3) is 0 Å². The maximum Gasteiger partial charge on any atom is 0.338 e. The smallest absolute Gasteiger partial charge is 0.338 e. The molecule has 0 atom stereocenters. The topological polar surface area (TPSA) is 96.0 Å². The minimum atomic E-state index is -3.81. The highest BCUT2D eigenvalue weighted by Crippen LogP contribution is 2.16. The van der Waals surface area contributed by atoms with E-state index < -0.39 is 16.0 Å². The summed E-state index contributed by atoms with van der Waals surface area (Å²) in [7, 11) is -2.44. The van der Waals surface area contributed by atoms with Gasteiger partial charge in [-0.2, -0.15) is 4.31 Å². The largest absolute Gasteiger partial charge is 0.462 e. The van der Waals surface area contributed by atoms with Gasteiger partial charge < -0.3 is 15.0 Å². The Morgan fingerprint density at radius 3 is 2.31 bits per heavy atom. The van der Waals surface area contributed by atoms with Crippen LogP contribution in [0.2, 0.25) is 0 Å². The van der Waals surface area contributed by atoms with Crippen molar-refractivity contribution in [3.63, 3.8) is 0 Å². The van der Waals surface area contributed by atoms with E-state index in [1.54, 1.807) is 11.8 Å². The van der Waals surface area contributed by atoms with Gasteiger partial charge in [-0.1, -0.05) is 0 Å². The molecule has 1 aromatic carbocycles. The molecule has 10 heteroatoms. The summed E-state index contributed by atoms with van der Waals surface area (Å²) in [6.45, 7) is 4.27. The first kappa shape index (κ1) is 22.4. The molecule has 0 unspecified atom stereocenters. The van der Waals surface area contributed by atoms with Crippen molar-refractivity contribution in [2.75, 3.05) is 46.4 Å². The summed E-state index contributed by atoms with van der Waals surface area (Å²) in [5.41, 5.74) is 0.278. The SMILES string of the molecule is CCOC(=O)c1ccc(S(=O)(=O)N(C)CC(=O)N2CCNCC2)cc1.Cl. The molecule has 1 fully saturated rings. The van der Waals surface area contributed by atoms with Crippen LogP contribution in [0.25, 0.3) is 0 Å². The molecular weight excluding hydrogens is 382 g/mol. The number of sulfonamides is 1. The number of nitrogens with one attached hydrogen (secondary N) is 1. The van der Waals surface area contributed by atoms with E-state index in [-0.39, 0.29) is 41.9 Å². The van der Waals surface area contributed by atoms with E-state index in [9.17, 15) is 18.0 Å². The summed E-state index contributed by atoms with van der Waals surface area (Å²) in [6.07, 6.45) is 0. The van der Waals surface area contributed by atoms with Crippen molar-refractivity contribution in [3.8, 4) is 0 Å². The lowest BCUT2D eigenvalue weighted by Crippen LogP contribution is -2.49. The first-order chi connectivity index (χ1) is 11.9. The Bertz CT molecular complexity index is 718. The first-order valence-corrected chi connectivity index (χ1v) is 9.52. The van der Waals surface area contributed by atoms with Crippen molar-refractivity contribution >= 4 is 34.3 Å². The number of likely N-dealkylation sites (N-methyl/N-ethyl adjacent to an activating group) is 1. The lowest BCUT2D eigenvalue weighted by molar-refractivity contribution is -0.131. The van der Waals surface area contributed by atoms with Gasteiger partial charge in [0.05, 0.1) is 23.6 Å². The molecule has 146 valence electrons. The third-order valence-electron chi connectivity index (χ3n) is 3.90. The van der Waals surface area contributed by atoms with E-state index in [1.165, 1.54) is 31.3 Å². The van der Waals surface area contributed by atoms with Gasteiger partial charge in [0.15, 0.2) is 0 Å². The molecule has 1 aliphatic heterocycles. The third-order valence-corrected chi connectivity index (χ3v) is 5.72. The summed E-state index contributed by atoms with van der Waals surface area (Å²) in [6, 6.07) is 5.48. The highest BCUT2D eigenvalue weighted by Gasteiger charge is 2.26. The Balaban J connectivity index is 0.00000338. The molecule has 0 aliphatic carbocycles. The molecule has 1 heterocycles. The van der Waals surface area contributed by atoms with Crippen molar-refractivity contribution in [2.45, 2.75) is 11.8 Å². The zero-order valence-electron chi connectivity index (χ0n) is 14.8. The number of carbonyl (C=O) groups is 2.